The maximum atomic E-state index is 12.7. The first kappa shape index (κ1) is 14.2. The Morgan fingerprint density at radius 2 is 1.91 bits per heavy atom. The summed E-state index contributed by atoms with van der Waals surface area (Å²) in [6.07, 6.45) is 5.35. The van der Waals surface area contributed by atoms with Crippen molar-refractivity contribution in [2.75, 3.05) is 19.6 Å². The summed E-state index contributed by atoms with van der Waals surface area (Å²) in [6, 6.07) is 10.1. The monoisotopic (exact) mass is 300 g/mol. The third-order valence-electron chi connectivity index (χ3n) is 5.82. The minimum atomic E-state index is -0.319. The number of amides is 1. The van der Waals surface area contributed by atoms with Crippen molar-refractivity contribution in [3.05, 3.63) is 35.9 Å². The average molecular weight is 300 g/mol. The lowest BCUT2D eigenvalue weighted by Gasteiger charge is -2.36. The quantitative estimate of drug-likeness (QED) is 0.913. The number of hydrogen-bond acceptors (Lipinski definition) is 3. The van der Waals surface area contributed by atoms with Gasteiger partial charge in [0.1, 0.15) is 6.04 Å². The molecular formula is C18H24N2O2. The van der Waals surface area contributed by atoms with E-state index >= 15 is 0 Å². The summed E-state index contributed by atoms with van der Waals surface area (Å²) in [4.78, 5) is 14.7. The van der Waals surface area contributed by atoms with E-state index in [9.17, 15) is 10.0 Å². The third-order valence-corrected chi connectivity index (χ3v) is 5.82. The molecule has 1 aromatic carbocycles. The minimum absolute atomic E-state index is 0.122. The fourth-order valence-electron chi connectivity index (χ4n) is 4.13. The van der Waals surface area contributed by atoms with E-state index in [2.05, 4.69) is 24.3 Å². The molecule has 3 fully saturated rings. The second-order valence-electron chi connectivity index (χ2n) is 7.33. The van der Waals surface area contributed by atoms with Crippen LogP contribution in [0.25, 0.3) is 0 Å². The standard InChI is InChI=1S/C18H24N2O2/c21-17(16-6-8-18(9-10-18)13-20(16)22)19-11-7-15(12-19)14-4-2-1-3-5-14/h1-5,15-16,22H,6-13H2/t15-,16?/m0/s1. The highest BCUT2D eigenvalue weighted by molar-refractivity contribution is 5.82. The van der Waals surface area contributed by atoms with E-state index in [1.54, 1.807) is 0 Å². The zero-order valence-electron chi connectivity index (χ0n) is 12.9. The van der Waals surface area contributed by atoms with Crippen LogP contribution < -0.4 is 0 Å². The summed E-state index contributed by atoms with van der Waals surface area (Å²) in [5, 5.41) is 11.6. The Morgan fingerprint density at radius 3 is 2.59 bits per heavy atom. The number of piperidine rings is 1. The Morgan fingerprint density at radius 1 is 1.14 bits per heavy atom. The fourth-order valence-corrected chi connectivity index (χ4v) is 4.13. The van der Waals surface area contributed by atoms with Crippen LogP contribution in [0.15, 0.2) is 30.3 Å². The van der Waals surface area contributed by atoms with E-state index in [0.29, 0.717) is 17.9 Å². The van der Waals surface area contributed by atoms with E-state index in [-0.39, 0.29) is 11.9 Å². The van der Waals surface area contributed by atoms with Gasteiger partial charge in [0.25, 0.3) is 0 Å². The second-order valence-corrected chi connectivity index (χ2v) is 7.33. The molecule has 0 aromatic heterocycles. The average Bonchev–Trinajstić information content (AvgIpc) is 3.10. The molecule has 4 nitrogen and oxygen atoms in total. The van der Waals surface area contributed by atoms with Gasteiger partial charge in [0.15, 0.2) is 0 Å². The van der Waals surface area contributed by atoms with Crippen molar-refractivity contribution in [2.45, 2.75) is 44.1 Å². The second kappa shape index (κ2) is 5.36. The maximum absolute atomic E-state index is 12.7. The van der Waals surface area contributed by atoms with Gasteiger partial charge in [-0.15, -0.1) is 0 Å². The van der Waals surface area contributed by atoms with Crippen molar-refractivity contribution in [2.24, 2.45) is 5.41 Å². The highest BCUT2D eigenvalue weighted by atomic mass is 16.5. The zero-order valence-corrected chi connectivity index (χ0v) is 12.9. The lowest BCUT2D eigenvalue weighted by atomic mass is 9.91. The molecule has 118 valence electrons. The number of nitrogens with zero attached hydrogens (tertiary/aromatic N) is 2. The third kappa shape index (κ3) is 2.55. The van der Waals surface area contributed by atoms with Gasteiger partial charge in [-0.05, 0) is 43.1 Å². The predicted molar refractivity (Wildman–Crippen MR) is 83.6 cm³/mol. The predicted octanol–water partition coefficient (Wildman–Crippen LogP) is 2.64. The normalized spacial score (nSPS) is 30.7. The molecule has 3 aliphatic rings. The molecule has 2 atom stereocenters. The van der Waals surface area contributed by atoms with Gasteiger partial charge in [-0.2, -0.15) is 5.06 Å². The van der Waals surface area contributed by atoms with Gasteiger partial charge in [-0.1, -0.05) is 30.3 Å². The van der Waals surface area contributed by atoms with Crippen LogP contribution in [-0.4, -0.2) is 46.8 Å². The van der Waals surface area contributed by atoms with Crippen LogP contribution in [0.1, 0.15) is 43.6 Å². The Bertz CT molecular complexity index is 555. The number of hydroxylamine groups is 2. The molecule has 1 saturated carbocycles. The van der Waals surface area contributed by atoms with E-state index in [1.807, 2.05) is 11.0 Å². The maximum Gasteiger partial charge on any atom is 0.242 e. The molecule has 1 aliphatic carbocycles. The first-order valence-electron chi connectivity index (χ1n) is 8.46. The Hall–Kier alpha value is -1.39. The summed E-state index contributed by atoms with van der Waals surface area (Å²) in [7, 11) is 0. The molecule has 1 spiro atoms. The fraction of sp³-hybridized carbons (Fsp3) is 0.611. The molecule has 2 aliphatic heterocycles. The molecular weight excluding hydrogens is 276 g/mol. The molecule has 1 N–H and O–H groups in total. The van der Waals surface area contributed by atoms with Crippen LogP contribution in [0.3, 0.4) is 0 Å². The highest BCUT2D eigenvalue weighted by Gasteiger charge is 2.50. The van der Waals surface area contributed by atoms with E-state index in [0.717, 1.165) is 32.4 Å². The Labute approximate surface area is 131 Å². The lowest BCUT2D eigenvalue weighted by molar-refractivity contribution is -0.179. The number of carbonyl (C=O) groups is 1. The summed E-state index contributed by atoms with van der Waals surface area (Å²) in [5.74, 6) is 0.562. The van der Waals surface area contributed by atoms with Gasteiger partial charge in [-0.3, -0.25) is 4.79 Å². The molecule has 2 saturated heterocycles. The van der Waals surface area contributed by atoms with Gasteiger partial charge >= 0.3 is 0 Å². The number of benzene rings is 1. The number of hydrogen-bond donors (Lipinski definition) is 1. The molecule has 22 heavy (non-hydrogen) atoms. The number of likely N-dealkylation sites (tertiary alicyclic amines) is 1. The first-order chi connectivity index (χ1) is 10.7. The van der Waals surface area contributed by atoms with Crippen molar-refractivity contribution < 1.29 is 10.0 Å². The van der Waals surface area contributed by atoms with Gasteiger partial charge < -0.3 is 10.1 Å². The van der Waals surface area contributed by atoms with Crippen LogP contribution in [0.4, 0.5) is 0 Å². The van der Waals surface area contributed by atoms with Gasteiger partial charge in [0.2, 0.25) is 5.91 Å². The van der Waals surface area contributed by atoms with Gasteiger partial charge in [-0.25, -0.2) is 0 Å². The Balaban J connectivity index is 1.39. The van der Waals surface area contributed by atoms with Crippen molar-refractivity contribution in [3.63, 3.8) is 0 Å². The lowest BCUT2D eigenvalue weighted by Crippen LogP contribution is -2.51. The van der Waals surface area contributed by atoms with Crippen LogP contribution in [-0.2, 0) is 4.79 Å². The number of rotatable bonds is 2. The number of carbonyl (C=O) groups excluding carboxylic acids is 1. The van der Waals surface area contributed by atoms with Crippen LogP contribution in [0.5, 0.6) is 0 Å². The van der Waals surface area contributed by atoms with Crippen molar-refractivity contribution in [1.82, 2.24) is 9.96 Å². The molecule has 1 unspecified atom stereocenters. The SMILES string of the molecule is O=C(C1CCC2(CC2)CN1O)N1CC[C@H](c2ccccc2)C1. The molecule has 1 amide bonds. The summed E-state index contributed by atoms with van der Waals surface area (Å²) >= 11 is 0. The van der Waals surface area contributed by atoms with Crippen molar-refractivity contribution in [3.8, 4) is 0 Å². The summed E-state index contributed by atoms with van der Waals surface area (Å²) in [6.45, 7) is 2.28. The summed E-state index contributed by atoms with van der Waals surface area (Å²) in [5.41, 5.74) is 1.66. The first-order valence-corrected chi connectivity index (χ1v) is 8.46. The van der Waals surface area contributed by atoms with E-state index < -0.39 is 0 Å². The van der Waals surface area contributed by atoms with Crippen LogP contribution in [0.2, 0.25) is 0 Å². The topological polar surface area (TPSA) is 43.8 Å². The summed E-state index contributed by atoms with van der Waals surface area (Å²) < 4.78 is 0. The van der Waals surface area contributed by atoms with Gasteiger partial charge in [0.05, 0.1) is 0 Å². The van der Waals surface area contributed by atoms with E-state index in [4.69, 9.17) is 0 Å². The highest BCUT2D eigenvalue weighted by Crippen LogP contribution is 2.52. The van der Waals surface area contributed by atoms with Gasteiger partial charge in [0, 0.05) is 25.6 Å². The van der Waals surface area contributed by atoms with Crippen LogP contribution in [0, 0.1) is 5.41 Å². The molecule has 4 rings (SSSR count). The Kier molecular flexibility index (Phi) is 3.46. The largest absolute Gasteiger partial charge is 0.341 e. The molecule has 0 bridgehead atoms. The van der Waals surface area contributed by atoms with Crippen LogP contribution >= 0.6 is 0 Å². The van der Waals surface area contributed by atoms with Crippen molar-refractivity contribution in [1.29, 1.82) is 0 Å². The smallest absolute Gasteiger partial charge is 0.242 e. The van der Waals surface area contributed by atoms with Crippen molar-refractivity contribution >= 4 is 5.91 Å². The molecule has 0 radical (unpaired) electrons. The zero-order chi connectivity index (χ0) is 15.2. The minimum Gasteiger partial charge on any atom is -0.341 e. The molecule has 4 heteroatoms. The molecule has 1 aromatic rings. The molecule has 2 heterocycles. The van der Waals surface area contributed by atoms with E-state index in [1.165, 1.54) is 23.5 Å².